The van der Waals surface area contributed by atoms with Crippen molar-refractivity contribution in [3.05, 3.63) is 42.0 Å². The van der Waals surface area contributed by atoms with Crippen molar-refractivity contribution < 1.29 is 5.11 Å². The molecule has 0 amide bonds. The van der Waals surface area contributed by atoms with Gasteiger partial charge in [0.05, 0.1) is 0 Å². The summed E-state index contributed by atoms with van der Waals surface area (Å²) in [5.74, 6) is 0.779. The first kappa shape index (κ1) is 11.9. The van der Waals surface area contributed by atoms with Gasteiger partial charge in [0.15, 0.2) is 0 Å². The molecule has 1 unspecified atom stereocenters. The van der Waals surface area contributed by atoms with Gasteiger partial charge in [-0.3, -0.25) is 0 Å². The Balaban J connectivity index is 2.41. The third-order valence-electron chi connectivity index (χ3n) is 3.49. The highest BCUT2D eigenvalue weighted by molar-refractivity contribution is 5.84. The fourth-order valence-corrected chi connectivity index (χ4v) is 2.04. The Labute approximate surface area is 102 Å². The van der Waals surface area contributed by atoms with E-state index in [-0.39, 0.29) is 6.04 Å². The van der Waals surface area contributed by atoms with Gasteiger partial charge in [-0.1, -0.05) is 38.5 Å². The largest absolute Gasteiger partial charge is 0.508 e. The zero-order valence-electron chi connectivity index (χ0n) is 10.4. The van der Waals surface area contributed by atoms with Gasteiger partial charge >= 0.3 is 0 Å². The van der Waals surface area contributed by atoms with Gasteiger partial charge in [0.1, 0.15) is 5.75 Å². The summed E-state index contributed by atoms with van der Waals surface area (Å²) in [6.07, 6.45) is 1.08. The Hall–Kier alpha value is -1.54. The highest BCUT2D eigenvalue weighted by Crippen LogP contribution is 2.26. The fourth-order valence-electron chi connectivity index (χ4n) is 2.04. The molecule has 0 fully saturated rings. The van der Waals surface area contributed by atoms with Crippen LogP contribution >= 0.6 is 0 Å². The molecule has 2 aromatic carbocycles. The van der Waals surface area contributed by atoms with E-state index < -0.39 is 0 Å². The molecule has 2 atom stereocenters. The summed E-state index contributed by atoms with van der Waals surface area (Å²) in [6, 6.07) is 11.7. The predicted molar refractivity (Wildman–Crippen MR) is 72.0 cm³/mol. The van der Waals surface area contributed by atoms with Crippen molar-refractivity contribution in [1.82, 2.24) is 0 Å². The van der Waals surface area contributed by atoms with Gasteiger partial charge in [-0.15, -0.1) is 0 Å². The van der Waals surface area contributed by atoms with E-state index >= 15 is 0 Å². The molecule has 2 aromatic rings. The van der Waals surface area contributed by atoms with Gasteiger partial charge in [-0.05, 0) is 40.5 Å². The molecule has 2 rings (SSSR count). The molecule has 0 radical (unpaired) electrons. The van der Waals surface area contributed by atoms with E-state index in [4.69, 9.17) is 5.73 Å². The van der Waals surface area contributed by atoms with Crippen LogP contribution in [0.5, 0.6) is 5.75 Å². The average molecular weight is 229 g/mol. The number of phenolic OH excluding ortho intramolecular Hbond substituents is 1. The number of nitrogens with two attached hydrogens (primary N) is 1. The van der Waals surface area contributed by atoms with Gasteiger partial charge in [-0.2, -0.15) is 0 Å². The molecule has 0 bridgehead atoms. The van der Waals surface area contributed by atoms with E-state index in [2.05, 4.69) is 26.0 Å². The summed E-state index contributed by atoms with van der Waals surface area (Å²) in [5.41, 5.74) is 7.38. The standard InChI is InChI=1S/C15H19NO/c1-3-10(2)15(16)13-5-4-12-9-14(17)7-6-11(12)8-13/h4-10,15,17H,3,16H2,1-2H3/t10?,15-/m1/s1. The molecule has 0 heterocycles. The molecule has 0 aromatic heterocycles. The SMILES string of the molecule is CCC(C)[C@@H](N)c1ccc2cc(O)ccc2c1. The minimum atomic E-state index is 0.0817. The van der Waals surface area contributed by atoms with Crippen molar-refractivity contribution in [3.8, 4) is 5.75 Å². The fraction of sp³-hybridized carbons (Fsp3) is 0.333. The lowest BCUT2D eigenvalue weighted by Crippen LogP contribution is -2.18. The van der Waals surface area contributed by atoms with Crippen LogP contribution in [-0.2, 0) is 0 Å². The molecule has 3 N–H and O–H groups in total. The van der Waals surface area contributed by atoms with Gasteiger partial charge in [0.2, 0.25) is 0 Å². The summed E-state index contributed by atoms with van der Waals surface area (Å²) >= 11 is 0. The molecular weight excluding hydrogens is 210 g/mol. The van der Waals surface area contributed by atoms with E-state index in [9.17, 15) is 5.11 Å². The van der Waals surface area contributed by atoms with Crippen molar-refractivity contribution >= 4 is 10.8 Å². The number of phenols is 1. The lowest BCUT2D eigenvalue weighted by Gasteiger charge is -2.19. The summed E-state index contributed by atoms with van der Waals surface area (Å²) in [7, 11) is 0. The quantitative estimate of drug-likeness (QED) is 0.844. The third-order valence-corrected chi connectivity index (χ3v) is 3.49. The monoisotopic (exact) mass is 229 g/mol. The van der Waals surface area contributed by atoms with Gasteiger partial charge in [0, 0.05) is 6.04 Å². The second-order valence-electron chi connectivity index (χ2n) is 4.70. The molecule has 2 nitrogen and oxygen atoms in total. The second kappa shape index (κ2) is 4.76. The molecule has 0 aliphatic heterocycles. The van der Waals surface area contributed by atoms with E-state index in [1.807, 2.05) is 12.1 Å². The van der Waals surface area contributed by atoms with E-state index in [0.717, 1.165) is 22.8 Å². The van der Waals surface area contributed by atoms with Crippen LogP contribution in [0.25, 0.3) is 10.8 Å². The zero-order chi connectivity index (χ0) is 12.4. The van der Waals surface area contributed by atoms with Crippen molar-refractivity contribution in [2.75, 3.05) is 0 Å². The van der Waals surface area contributed by atoms with Crippen LogP contribution in [0.4, 0.5) is 0 Å². The topological polar surface area (TPSA) is 46.2 Å². The third kappa shape index (κ3) is 2.42. The highest BCUT2D eigenvalue weighted by Gasteiger charge is 2.13. The molecule has 0 saturated heterocycles. The Morgan fingerprint density at radius 2 is 1.76 bits per heavy atom. The molecule has 17 heavy (non-hydrogen) atoms. The molecule has 0 saturated carbocycles. The van der Waals surface area contributed by atoms with E-state index in [0.29, 0.717) is 11.7 Å². The molecule has 0 aliphatic rings. The van der Waals surface area contributed by atoms with Crippen molar-refractivity contribution in [2.45, 2.75) is 26.3 Å². The van der Waals surface area contributed by atoms with Crippen LogP contribution in [-0.4, -0.2) is 5.11 Å². The first-order valence-corrected chi connectivity index (χ1v) is 6.10. The van der Waals surface area contributed by atoms with E-state index in [1.165, 1.54) is 0 Å². The summed E-state index contributed by atoms with van der Waals surface area (Å²) in [5, 5.41) is 11.6. The Kier molecular flexibility index (Phi) is 3.34. The van der Waals surface area contributed by atoms with E-state index in [1.54, 1.807) is 12.1 Å². The maximum absolute atomic E-state index is 9.41. The van der Waals surface area contributed by atoms with Crippen LogP contribution in [0.15, 0.2) is 36.4 Å². The van der Waals surface area contributed by atoms with Crippen molar-refractivity contribution in [3.63, 3.8) is 0 Å². The summed E-state index contributed by atoms with van der Waals surface area (Å²) in [4.78, 5) is 0. The minimum Gasteiger partial charge on any atom is -0.508 e. The maximum Gasteiger partial charge on any atom is 0.116 e. The number of hydrogen-bond donors (Lipinski definition) is 2. The van der Waals surface area contributed by atoms with Gasteiger partial charge in [0.25, 0.3) is 0 Å². The summed E-state index contributed by atoms with van der Waals surface area (Å²) in [6.45, 7) is 4.33. The lowest BCUT2D eigenvalue weighted by molar-refractivity contribution is 0.457. The van der Waals surface area contributed by atoms with Crippen molar-refractivity contribution in [1.29, 1.82) is 0 Å². The molecule has 90 valence electrons. The van der Waals surface area contributed by atoms with Gasteiger partial charge < -0.3 is 10.8 Å². The Morgan fingerprint density at radius 3 is 2.47 bits per heavy atom. The van der Waals surface area contributed by atoms with Crippen molar-refractivity contribution in [2.24, 2.45) is 11.7 Å². The predicted octanol–water partition coefficient (Wildman–Crippen LogP) is 3.59. The van der Waals surface area contributed by atoms with Crippen LogP contribution in [0, 0.1) is 5.92 Å². The highest BCUT2D eigenvalue weighted by atomic mass is 16.3. The summed E-state index contributed by atoms with van der Waals surface area (Å²) < 4.78 is 0. The normalized spacial score (nSPS) is 14.8. The number of hydrogen-bond acceptors (Lipinski definition) is 2. The lowest BCUT2D eigenvalue weighted by atomic mass is 9.92. The number of rotatable bonds is 3. The molecule has 0 spiro atoms. The van der Waals surface area contributed by atoms with Crippen LogP contribution in [0.1, 0.15) is 31.9 Å². The Morgan fingerprint density at radius 1 is 1.12 bits per heavy atom. The molecule has 2 heteroatoms. The first-order valence-electron chi connectivity index (χ1n) is 6.10. The number of fused-ring (bicyclic) bond motifs is 1. The Bertz CT molecular complexity index is 521. The van der Waals surface area contributed by atoms with Crippen LogP contribution in [0.2, 0.25) is 0 Å². The average Bonchev–Trinajstić information content (AvgIpc) is 2.36. The van der Waals surface area contributed by atoms with Crippen LogP contribution < -0.4 is 5.73 Å². The molecular formula is C15H19NO. The first-order chi connectivity index (χ1) is 8.11. The zero-order valence-corrected chi connectivity index (χ0v) is 10.4. The maximum atomic E-state index is 9.41. The second-order valence-corrected chi connectivity index (χ2v) is 4.70. The minimum absolute atomic E-state index is 0.0817. The molecule has 0 aliphatic carbocycles. The van der Waals surface area contributed by atoms with Gasteiger partial charge in [-0.25, -0.2) is 0 Å². The number of aromatic hydroxyl groups is 1. The number of benzene rings is 2. The van der Waals surface area contributed by atoms with Crippen LogP contribution in [0.3, 0.4) is 0 Å². The smallest absolute Gasteiger partial charge is 0.116 e.